The van der Waals surface area contributed by atoms with Gasteiger partial charge in [0.25, 0.3) is 5.56 Å². The molecule has 6 nitrogen and oxygen atoms in total. The van der Waals surface area contributed by atoms with Crippen LogP contribution >= 0.6 is 12.2 Å². The number of aromatic nitrogens is 3. The van der Waals surface area contributed by atoms with E-state index < -0.39 is 0 Å². The zero-order chi connectivity index (χ0) is 18.8. The quantitative estimate of drug-likeness (QED) is 0.696. The molecular weight excluding hydrogens is 346 g/mol. The summed E-state index contributed by atoms with van der Waals surface area (Å²) in [5.74, 6) is 0.650. The van der Waals surface area contributed by atoms with E-state index >= 15 is 0 Å². The summed E-state index contributed by atoms with van der Waals surface area (Å²) in [4.78, 5) is 17.3. The molecule has 0 aliphatic carbocycles. The number of para-hydroxylation sites is 1. The fourth-order valence-electron chi connectivity index (χ4n) is 2.88. The van der Waals surface area contributed by atoms with E-state index in [9.17, 15) is 4.79 Å². The highest BCUT2D eigenvalue weighted by Crippen LogP contribution is 2.15. The molecule has 0 atom stereocenters. The maximum Gasteiger partial charge on any atom is 0.295 e. The van der Waals surface area contributed by atoms with Gasteiger partial charge < -0.3 is 10.6 Å². The van der Waals surface area contributed by atoms with Crippen LogP contribution < -0.4 is 16.2 Å². The molecule has 0 spiro atoms. The highest BCUT2D eigenvalue weighted by atomic mass is 32.1. The number of nitrogens with one attached hydrogen (secondary N) is 2. The summed E-state index contributed by atoms with van der Waals surface area (Å²) in [5.41, 5.74) is 3.86. The van der Waals surface area contributed by atoms with E-state index in [1.807, 2.05) is 70.3 Å². The molecule has 0 aliphatic heterocycles. The highest BCUT2D eigenvalue weighted by Gasteiger charge is 2.17. The number of pyridine rings is 1. The summed E-state index contributed by atoms with van der Waals surface area (Å²) in [6.45, 7) is 5.80. The van der Waals surface area contributed by atoms with E-state index in [-0.39, 0.29) is 5.56 Å². The lowest BCUT2D eigenvalue weighted by atomic mass is 10.2. The van der Waals surface area contributed by atoms with Gasteiger partial charge in [0.05, 0.1) is 11.4 Å². The van der Waals surface area contributed by atoms with E-state index in [0.717, 1.165) is 22.6 Å². The van der Waals surface area contributed by atoms with Gasteiger partial charge in [-0.25, -0.2) is 9.67 Å². The van der Waals surface area contributed by atoms with Crippen molar-refractivity contribution >= 4 is 28.8 Å². The topological polar surface area (TPSA) is 63.9 Å². The number of nitrogens with zero attached hydrogens (tertiary/aromatic N) is 3. The summed E-state index contributed by atoms with van der Waals surface area (Å²) in [6.07, 6.45) is 0. The number of hydrogen-bond acceptors (Lipinski definition) is 3. The van der Waals surface area contributed by atoms with E-state index in [0.29, 0.717) is 16.6 Å². The first-order chi connectivity index (χ1) is 12.4. The summed E-state index contributed by atoms with van der Waals surface area (Å²) in [6, 6.07) is 13.4. The average Bonchev–Trinajstić information content (AvgIpc) is 2.78. The first-order valence-electron chi connectivity index (χ1n) is 8.24. The summed E-state index contributed by atoms with van der Waals surface area (Å²) in [5, 5.41) is 6.40. The van der Waals surface area contributed by atoms with Crippen LogP contribution in [0, 0.1) is 20.8 Å². The van der Waals surface area contributed by atoms with Crippen LogP contribution in [0.25, 0.3) is 5.69 Å². The minimum Gasteiger partial charge on any atom is -0.326 e. The zero-order valence-corrected chi connectivity index (χ0v) is 16.0. The second kappa shape index (κ2) is 7.13. The molecule has 2 heterocycles. The third-order valence-corrected chi connectivity index (χ3v) is 4.34. The summed E-state index contributed by atoms with van der Waals surface area (Å²) < 4.78 is 3.41. The Morgan fingerprint density at radius 2 is 1.77 bits per heavy atom. The highest BCUT2D eigenvalue weighted by molar-refractivity contribution is 7.80. The number of thiocarbonyl (C=S) groups is 1. The molecule has 3 aromatic rings. The lowest BCUT2D eigenvalue weighted by Crippen LogP contribution is -2.25. The van der Waals surface area contributed by atoms with Gasteiger partial charge in [-0.05, 0) is 62.8 Å². The maximum atomic E-state index is 12.9. The van der Waals surface area contributed by atoms with Crippen molar-refractivity contribution in [1.29, 1.82) is 0 Å². The number of hydrogen-bond donors (Lipinski definition) is 2. The van der Waals surface area contributed by atoms with Gasteiger partial charge in [-0.2, -0.15) is 0 Å². The Balaban J connectivity index is 1.88. The van der Waals surface area contributed by atoms with Gasteiger partial charge in [0.1, 0.15) is 11.5 Å². The lowest BCUT2D eigenvalue weighted by Gasteiger charge is -2.10. The Labute approximate surface area is 157 Å². The molecule has 7 heteroatoms. The normalized spacial score (nSPS) is 10.6. The predicted octanol–water partition coefficient (Wildman–Crippen LogP) is 3.31. The van der Waals surface area contributed by atoms with Crippen LogP contribution in [-0.2, 0) is 7.05 Å². The standard InChI is InChI=1S/C19H21N5OS/c1-12-10-13(2)20-16(11-12)21-19(26)22-17-14(3)23(4)24(18(17)25)15-8-6-5-7-9-15/h5-11H,1-4H3,(H2,20,21,22,26). The monoisotopic (exact) mass is 367 g/mol. The van der Waals surface area contributed by atoms with Gasteiger partial charge >= 0.3 is 0 Å². The molecule has 0 fully saturated rings. The van der Waals surface area contributed by atoms with Gasteiger partial charge in [0.2, 0.25) is 0 Å². The van der Waals surface area contributed by atoms with Crippen LogP contribution in [0.5, 0.6) is 0 Å². The molecule has 1 aromatic carbocycles. The van der Waals surface area contributed by atoms with Crippen molar-refractivity contribution in [2.45, 2.75) is 20.8 Å². The Morgan fingerprint density at radius 1 is 1.08 bits per heavy atom. The van der Waals surface area contributed by atoms with Crippen molar-refractivity contribution in [1.82, 2.24) is 14.3 Å². The summed E-state index contributed by atoms with van der Waals surface area (Å²) >= 11 is 5.37. The van der Waals surface area contributed by atoms with Crippen LogP contribution in [-0.4, -0.2) is 19.5 Å². The van der Waals surface area contributed by atoms with Crippen molar-refractivity contribution in [2.24, 2.45) is 7.05 Å². The number of anilines is 2. The van der Waals surface area contributed by atoms with Crippen molar-refractivity contribution < 1.29 is 0 Å². The largest absolute Gasteiger partial charge is 0.326 e. The molecular formula is C19H21N5OS. The van der Waals surface area contributed by atoms with Crippen LogP contribution in [0.3, 0.4) is 0 Å². The molecule has 0 saturated carbocycles. The Hall–Kier alpha value is -2.93. The fourth-order valence-corrected chi connectivity index (χ4v) is 3.09. The zero-order valence-electron chi connectivity index (χ0n) is 15.2. The van der Waals surface area contributed by atoms with Crippen LogP contribution in [0.15, 0.2) is 47.3 Å². The maximum absolute atomic E-state index is 12.9. The number of rotatable bonds is 3. The van der Waals surface area contributed by atoms with E-state index in [4.69, 9.17) is 12.2 Å². The minimum absolute atomic E-state index is 0.159. The molecule has 0 amide bonds. The minimum atomic E-state index is -0.159. The molecule has 2 N–H and O–H groups in total. The average molecular weight is 367 g/mol. The lowest BCUT2D eigenvalue weighted by molar-refractivity contribution is 0.630. The van der Waals surface area contributed by atoms with Crippen molar-refractivity contribution in [3.05, 3.63) is 69.8 Å². The van der Waals surface area contributed by atoms with Crippen LogP contribution in [0.1, 0.15) is 17.0 Å². The molecule has 3 rings (SSSR count). The molecule has 0 radical (unpaired) electrons. The second-order valence-electron chi connectivity index (χ2n) is 6.19. The smallest absolute Gasteiger partial charge is 0.295 e. The van der Waals surface area contributed by atoms with Gasteiger partial charge in [-0.15, -0.1) is 0 Å². The van der Waals surface area contributed by atoms with Crippen molar-refractivity contribution in [2.75, 3.05) is 10.6 Å². The molecule has 0 bridgehead atoms. The second-order valence-corrected chi connectivity index (χ2v) is 6.60. The molecule has 0 saturated heterocycles. The number of benzene rings is 1. The van der Waals surface area contributed by atoms with Crippen LogP contribution in [0.4, 0.5) is 11.5 Å². The molecule has 0 aliphatic rings. The number of aryl methyl sites for hydroxylation is 2. The van der Waals surface area contributed by atoms with E-state index in [1.165, 1.54) is 0 Å². The molecule has 134 valence electrons. The predicted molar refractivity (Wildman–Crippen MR) is 109 cm³/mol. The Morgan fingerprint density at radius 3 is 2.42 bits per heavy atom. The molecule has 2 aromatic heterocycles. The van der Waals surface area contributed by atoms with E-state index in [2.05, 4.69) is 15.6 Å². The molecule has 0 unspecified atom stereocenters. The first kappa shape index (κ1) is 17.9. The van der Waals surface area contributed by atoms with Gasteiger partial charge in [-0.3, -0.25) is 9.48 Å². The fraction of sp³-hybridized carbons (Fsp3) is 0.211. The van der Waals surface area contributed by atoms with Crippen LogP contribution in [0.2, 0.25) is 0 Å². The van der Waals surface area contributed by atoms with E-state index in [1.54, 1.807) is 9.36 Å². The SMILES string of the molecule is Cc1cc(C)nc(NC(=S)Nc2c(C)n(C)n(-c3ccccc3)c2=O)c1. The van der Waals surface area contributed by atoms with Crippen molar-refractivity contribution in [3.63, 3.8) is 0 Å². The van der Waals surface area contributed by atoms with Gasteiger partial charge in [0.15, 0.2) is 5.11 Å². The third-order valence-electron chi connectivity index (χ3n) is 4.13. The first-order valence-corrected chi connectivity index (χ1v) is 8.65. The molecule has 26 heavy (non-hydrogen) atoms. The van der Waals surface area contributed by atoms with Crippen molar-refractivity contribution in [3.8, 4) is 5.69 Å². The Bertz CT molecular complexity index is 1000. The summed E-state index contributed by atoms with van der Waals surface area (Å²) in [7, 11) is 1.84. The van der Waals surface area contributed by atoms with Gasteiger partial charge in [-0.1, -0.05) is 18.2 Å². The van der Waals surface area contributed by atoms with Gasteiger partial charge in [0, 0.05) is 12.7 Å². The third kappa shape index (κ3) is 3.52. The Kier molecular flexibility index (Phi) is 4.90.